The Morgan fingerprint density at radius 1 is 1.08 bits per heavy atom. The second-order valence-electron chi connectivity index (χ2n) is 3.15. The second-order valence-corrected chi connectivity index (χ2v) is 4.37. The number of rotatable bonds is 10. The van der Waals surface area contributed by atoms with Gasteiger partial charge in [0.25, 0.3) is 0 Å². The van der Waals surface area contributed by atoms with Crippen LogP contribution in [0.25, 0.3) is 0 Å². The quantitative estimate of drug-likeness (QED) is 0.534. The summed E-state index contributed by atoms with van der Waals surface area (Å²) in [7, 11) is 0. The zero-order valence-electron chi connectivity index (χ0n) is 8.72. The van der Waals surface area contributed by atoms with Crippen LogP contribution in [-0.4, -0.2) is 36.3 Å². The third kappa shape index (κ3) is 12.3. The molecule has 0 aliphatic carbocycles. The molecule has 0 aliphatic heterocycles. The molecule has 0 fully saturated rings. The minimum Gasteiger partial charge on any atom is -0.396 e. The zero-order chi connectivity index (χ0) is 9.78. The van der Waals surface area contributed by atoms with E-state index in [9.17, 15) is 0 Å². The summed E-state index contributed by atoms with van der Waals surface area (Å²) >= 11 is 1.92. The number of hydrogen-bond donors (Lipinski definition) is 2. The van der Waals surface area contributed by atoms with Crippen LogP contribution in [0.2, 0.25) is 0 Å². The maximum atomic E-state index is 8.54. The highest BCUT2D eigenvalue weighted by Crippen LogP contribution is 2.00. The zero-order valence-corrected chi connectivity index (χ0v) is 9.54. The lowest BCUT2D eigenvalue weighted by atomic mass is 10.2. The van der Waals surface area contributed by atoms with E-state index < -0.39 is 0 Å². The third-order valence-electron chi connectivity index (χ3n) is 1.83. The molecular weight excluding hydrogens is 182 g/mol. The average Bonchev–Trinajstić information content (AvgIpc) is 2.16. The fourth-order valence-corrected chi connectivity index (χ4v) is 1.86. The van der Waals surface area contributed by atoms with Gasteiger partial charge in [-0.25, -0.2) is 0 Å². The molecule has 13 heavy (non-hydrogen) atoms. The molecule has 0 unspecified atom stereocenters. The Morgan fingerprint density at radius 3 is 2.62 bits per heavy atom. The first-order chi connectivity index (χ1) is 6.41. The molecule has 0 rings (SSSR count). The molecule has 0 saturated carbocycles. The van der Waals surface area contributed by atoms with Crippen molar-refractivity contribution in [3.63, 3.8) is 0 Å². The number of thioether (sulfide) groups is 1. The number of aliphatic hydroxyl groups excluding tert-OH is 1. The van der Waals surface area contributed by atoms with E-state index in [0.717, 1.165) is 25.3 Å². The van der Waals surface area contributed by atoms with Gasteiger partial charge < -0.3 is 10.4 Å². The van der Waals surface area contributed by atoms with Crippen LogP contribution >= 0.6 is 11.8 Å². The van der Waals surface area contributed by atoms with Crippen LogP contribution in [0.5, 0.6) is 0 Å². The van der Waals surface area contributed by atoms with Crippen molar-refractivity contribution in [1.82, 2.24) is 5.32 Å². The van der Waals surface area contributed by atoms with Gasteiger partial charge in [-0.3, -0.25) is 0 Å². The van der Waals surface area contributed by atoms with E-state index in [1.54, 1.807) is 0 Å². The molecule has 80 valence electrons. The van der Waals surface area contributed by atoms with Gasteiger partial charge in [-0.05, 0) is 25.1 Å². The van der Waals surface area contributed by atoms with E-state index in [4.69, 9.17) is 5.11 Å². The van der Waals surface area contributed by atoms with Gasteiger partial charge in [0.05, 0.1) is 0 Å². The van der Waals surface area contributed by atoms with E-state index in [2.05, 4.69) is 12.2 Å². The molecule has 3 heteroatoms. The van der Waals surface area contributed by atoms with Crippen molar-refractivity contribution in [2.24, 2.45) is 0 Å². The number of nitrogens with one attached hydrogen (secondary N) is 1. The lowest BCUT2D eigenvalue weighted by Gasteiger charge is -2.03. The first-order valence-electron chi connectivity index (χ1n) is 5.31. The lowest BCUT2D eigenvalue weighted by molar-refractivity contribution is 0.296. The van der Waals surface area contributed by atoms with Crippen molar-refractivity contribution < 1.29 is 5.11 Å². The first kappa shape index (κ1) is 13.3. The van der Waals surface area contributed by atoms with Gasteiger partial charge >= 0.3 is 0 Å². The highest BCUT2D eigenvalue weighted by molar-refractivity contribution is 7.99. The van der Waals surface area contributed by atoms with E-state index >= 15 is 0 Å². The molecular formula is C10H23NOS. The van der Waals surface area contributed by atoms with Crippen molar-refractivity contribution in [3.8, 4) is 0 Å². The second kappa shape index (κ2) is 12.3. The molecule has 0 atom stereocenters. The monoisotopic (exact) mass is 205 g/mol. The van der Waals surface area contributed by atoms with Crippen molar-refractivity contribution >= 4 is 11.8 Å². The fraction of sp³-hybridized carbons (Fsp3) is 1.00. The molecule has 0 amide bonds. The number of hydrogen-bond acceptors (Lipinski definition) is 3. The van der Waals surface area contributed by atoms with Crippen molar-refractivity contribution in [2.45, 2.75) is 32.6 Å². The number of unbranched alkanes of at least 4 members (excludes halogenated alkanes) is 2. The first-order valence-corrected chi connectivity index (χ1v) is 6.46. The van der Waals surface area contributed by atoms with Gasteiger partial charge in [0.15, 0.2) is 0 Å². The van der Waals surface area contributed by atoms with Crippen LogP contribution in [0.15, 0.2) is 0 Å². The molecule has 0 spiro atoms. The van der Waals surface area contributed by atoms with E-state index in [-0.39, 0.29) is 0 Å². The molecule has 0 aliphatic rings. The Hall–Kier alpha value is 0.270. The van der Waals surface area contributed by atoms with Gasteiger partial charge in [0.1, 0.15) is 0 Å². The Morgan fingerprint density at radius 2 is 1.92 bits per heavy atom. The highest BCUT2D eigenvalue weighted by Gasteiger charge is 1.89. The summed E-state index contributed by atoms with van der Waals surface area (Å²) in [5.41, 5.74) is 0. The highest BCUT2D eigenvalue weighted by atomic mass is 32.2. The molecule has 0 aromatic rings. The van der Waals surface area contributed by atoms with Crippen LogP contribution in [0.4, 0.5) is 0 Å². The maximum absolute atomic E-state index is 8.54. The molecule has 0 bridgehead atoms. The summed E-state index contributed by atoms with van der Waals surface area (Å²) in [6.45, 7) is 4.83. The summed E-state index contributed by atoms with van der Waals surface area (Å²) in [5.74, 6) is 2.26. The summed E-state index contributed by atoms with van der Waals surface area (Å²) < 4.78 is 0. The predicted octanol–water partition coefficient (Wildman–Crippen LogP) is 1.88. The van der Waals surface area contributed by atoms with Gasteiger partial charge in [-0.15, -0.1) is 0 Å². The fourth-order valence-electron chi connectivity index (χ4n) is 1.04. The van der Waals surface area contributed by atoms with Crippen molar-refractivity contribution in [2.75, 3.05) is 31.2 Å². The van der Waals surface area contributed by atoms with Crippen LogP contribution < -0.4 is 5.32 Å². The van der Waals surface area contributed by atoms with E-state index in [1.807, 2.05) is 11.8 Å². The van der Waals surface area contributed by atoms with Crippen LogP contribution in [0.1, 0.15) is 32.6 Å². The minimum absolute atomic E-state index is 0.330. The van der Waals surface area contributed by atoms with Crippen LogP contribution in [-0.2, 0) is 0 Å². The van der Waals surface area contributed by atoms with E-state index in [1.165, 1.54) is 25.0 Å². The standard InChI is InChI=1S/C10H23NOS/c1-2-3-4-6-11-7-10-13-9-5-8-12/h11-12H,2-10H2,1H3. The topological polar surface area (TPSA) is 32.3 Å². The molecule has 0 radical (unpaired) electrons. The summed E-state index contributed by atoms with van der Waals surface area (Å²) in [6.07, 6.45) is 4.87. The SMILES string of the molecule is CCCCCNCCSCCCO. The van der Waals surface area contributed by atoms with Gasteiger partial charge in [0, 0.05) is 18.9 Å². The van der Waals surface area contributed by atoms with Gasteiger partial charge in [-0.1, -0.05) is 19.8 Å². The summed E-state index contributed by atoms with van der Waals surface area (Å²) in [5, 5.41) is 12.0. The Kier molecular flexibility index (Phi) is 12.5. The lowest BCUT2D eigenvalue weighted by Crippen LogP contribution is -2.18. The summed E-state index contributed by atoms with van der Waals surface area (Å²) in [6, 6.07) is 0. The normalized spacial score (nSPS) is 10.6. The Bertz CT molecular complexity index is 81.0. The predicted molar refractivity (Wildman–Crippen MR) is 61.4 cm³/mol. The molecule has 0 aromatic heterocycles. The smallest absolute Gasteiger partial charge is 0.0438 e. The summed E-state index contributed by atoms with van der Waals surface area (Å²) in [4.78, 5) is 0. The van der Waals surface area contributed by atoms with Crippen LogP contribution in [0, 0.1) is 0 Å². The Balaban J connectivity index is 2.76. The van der Waals surface area contributed by atoms with E-state index in [0.29, 0.717) is 6.61 Å². The van der Waals surface area contributed by atoms with Crippen LogP contribution in [0.3, 0.4) is 0 Å². The average molecular weight is 205 g/mol. The Labute approximate surface area is 86.5 Å². The number of aliphatic hydroxyl groups is 1. The molecule has 0 saturated heterocycles. The molecule has 2 nitrogen and oxygen atoms in total. The molecule has 0 aromatic carbocycles. The van der Waals surface area contributed by atoms with Crippen molar-refractivity contribution in [1.29, 1.82) is 0 Å². The maximum Gasteiger partial charge on any atom is 0.0438 e. The van der Waals surface area contributed by atoms with Crippen molar-refractivity contribution in [3.05, 3.63) is 0 Å². The van der Waals surface area contributed by atoms with Gasteiger partial charge in [0.2, 0.25) is 0 Å². The largest absolute Gasteiger partial charge is 0.396 e. The molecule has 0 heterocycles. The minimum atomic E-state index is 0.330. The van der Waals surface area contributed by atoms with Gasteiger partial charge in [-0.2, -0.15) is 11.8 Å². The third-order valence-corrected chi connectivity index (χ3v) is 2.90. The molecule has 2 N–H and O–H groups in total.